The highest BCUT2D eigenvalue weighted by Gasteiger charge is 2.33. The van der Waals surface area contributed by atoms with Crippen LogP contribution in [-0.2, 0) is 4.79 Å². The highest BCUT2D eigenvalue weighted by atomic mass is 16.2. The van der Waals surface area contributed by atoms with E-state index in [0.717, 1.165) is 18.9 Å². The van der Waals surface area contributed by atoms with Gasteiger partial charge in [0, 0.05) is 19.6 Å². The van der Waals surface area contributed by atoms with Crippen molar-refractivity contribution in [1.82, 2.24) is 10.2 Å². The van der Waals surface area contributed by atoms with Crippen LogP contribution in [0.1, 0.15) is 45.4 Å². The van der Waals surface area contributed by atoms with E-state index in [0.29, 0.717) is 11.9 Å². The zero-order chi connectivity index (χ0) is 11.5. The van der Waals surface area contributed by atoms with E-state index < -0.39 is 0 Å². The van der Waals surface area contributed by atoms with Crippen molar-refractivity contribution in [2.75, 3.05) is 13.6 Å². The summed E-state index contributed by atoms with van der Waals surface area (Å²) in [5.74, 6) is 1.08. The molecule has 0 bridgehead atoms. The summed E-state index contributed by atoms with van der Waals surface area (Å²) in [6, 6.07) is 0.682. The molecular weight excluding hydrogens is 200 g/mol. The van der Waals surface area contributed by atoms with Crippen LogP contribution in [-0.4, -0.2) is 36.5 Å². The number of hydrogen-bond donors (Lipinski definition) is 1. The standard InChI is InChI=1S/C13H24N2O/c1-3-10-6-4-5-7-11(10)14-12-8-9-15(2)13(12)16/h10-12,14H,3-9H2,1-2H3. The zero-order valence-electron chi connectivity index (χ0n) is 10.5. The van der Waals surface area contributed by atoms with Crippen molar-refractivity contribution in [3.63, 3.8) is 0 Å². The van der Waals surface area contributed by atoms with Crippen LogP contribution in [0.4, 0.5) is 0 Å². The molecule has 0 radical (unpaired) electrons. The van der Waals surface area contributed by atoms with Gasteiger partial charge in [-0.15, -0.1) is 0 Å². The molecule has 0 aromatic rings. The Balaban J connectivity index is 1.90. The van der Waals surface area contributed by atoms with Crippen LogP contribution in [0.3, 0.4) is 0 Å². The Labute approximate surface area is 98.6 Å². The topological polar surface area (TPSA) is 32.3 Å². The van der Waals surface area contributed by atoms with E-state index >= 15 is 0 Å². The fourth-order valence-electron chi connectivity index (χ4n) is 3.15. The quantitative estimate of drug-likeness (QED) is 0.792. The lowest BCUT2D eigenvalue weighted by atomic mass is 9.82. The molecule has 2 rings (SSSR count). The van der Waals surface area contributed by atoms with Gasteiger partial charge in [0.15, 0.2) is 0 Å². The summed E-state index contributed by atoms with van der Waals surface area (Å²) in [5, 5.41) is 3.61. The Morgan fingerprint density at radius 1 is 1.31 bits per heavy atom. The number of amides is 1. The van der Waals surface area contributed by atoms with Crippen molar-refractivity contribution in [2.24, 2.45) is 5.92 Å². The molecule has 1 heterocycles. The van der Waals surface area contributed by atoms with Gasteiger partial charge in [0.2, 0.25) is 5.91 Å². The van der Waals surface area contributed by atoms with E-state index in [1.807, 2.05) is 11.9 Å². The van der Waals surface area contributed by atoms with Crippen molar-refractivity contribution in [3.05, 3.63) is 0 Å². The molecule has 1 aliphatic heterocycles. The van der Waals surface area contributed by atoms with E-state index in [1.54, 1.807) is 0 Å². The first-order valence-corrected chi connectivity index (χ1v) is 6.73. The first-order chi connectivity index (χ1) is 7.72. The minimum atomic E-state index is 0.0992. The summed E-state index contributed by atoms with van der Waals surface area (Å²) < 4.78 is 0. The smallest absolute Gasteiger partial charge is 0.239 e. The molecule has 3 heteroatoms. The molecule has 1 N–H and O–H groups in total. The molecule has 2 aliphatic rings. The lowest BCUT2D eigenvalue weighted by molar-refractivity contribution is -0.128. The van der Waals surface area contributed by atoms with E-state index in [4.69, 9.17) is 0 Å². The van der Waals surface area contributed by atoms with Crippen LogP contribution in [0.5, 0.6) is 0 Å². The Morgan fingerprint density at radius 2 is 2.06 bits per heavy atom. The first kappa shape index (κ1) is 11.9. The van der Waals surface area contributed by atoms with Gasteiger partial charge in [0.25, 0.3) is 0 Å². The molecule has 2 fully saturated rings. The summed E-state index contributed by atoms with van der Waals surface area (Å²) >= 11 is 0. The molecule has 3 atom stereocenters. The van der Waals surface area contributed by atoms with Crippen molar-refractivity contribution in [2.45, 2.75) is 57.5 Å². The lowest BCUT2D eigenvalue weighted by Gasteiger charge is -2.33. The molecule has 1 aliphatic carbocycles. The van der Waals surface area contributed by atoms with Gasteiger partial charge >= 0.3 is 0 Å². The van der Waals surface area contributed by atoms with Gasteiger partial charge < -0.3 is 10.2 Å². The SMILES string of the molecule is CCC1CCCCC1NC1CCN(C)C1=O. The maximum absolute atomic E-state index is 11.8. The third-order valence-corrected chi connectivity index (χ3v) is 4.28. The monoisotopic (exact) mass is 224 g/mol. The predicted octanol–water partition coefficient (Wildman–Crippen LogP) is 1.78. The number of carbonyl (C=O) groups is 1. The molecule has 92 valence electrons. The minimum Gasteiger partial charge on any atom is -0.344 e. The predicted molar refractivity (Wildman–Crippen MR) is 65.2 cm³/mol. The fourth-order valence-corrected chi connectivity index (χ4v) is 3.15. The summed E-state index contributed by atoms with van der Waals surface area (Å²) in [6.45, 7) is 3.19. The maximum Gasteiger partial charge on any atom is 0.239 e. The van der Waals surface area contributed by atoms with E-state index in [1.165, 1.54) is 32.1 Å². The second-order valence-electron chi connectivity index (χ2n) is 5.33. The van der Waals surface area contributed by atoms with Gasteiger partial charge in [0.1, 0.15) is 0 Å². The Bertz CT molecular complexity index is 254. The third kappa shape index (κ3) is 2.40. The largest absolute Gasteiger partial charge is 0.344 e. The molecule has 3 nitrogen and oxygen atoms in total. The van der Waals surface area contributed by atoms with Crippen LogP contribution >= 0.6 is 0 Å². The maximum atomic E-state index is 11.8. The molecule has 16 heavy (non-hydrogen) atoms. The van der Waals surface area contributed by atoms with Crippen LogP contribution in [0.2, 0.25) is 0 Å². The highest BCUT2D eigenvalue weighted by Crippen LogP contribution is 2.27. The average Bonchev–Trinajstić information content (AvgIpc) is 2.62. The van der Waals surface area contributed by atoms with Gasteiger partial charge in [-0.1, -0.05) is 26.2 Å². The summed E-state index contributed by atoms with van der Waals surface area (Å²) in [6.07, 6.45) is 7.52. The number of likely N-dealkylation sites (tertiary alicyclic amines) is 1. The van der Waals surface area contributed by atoms with Gasteiger partial charge in [0.05, 0.1) is 6.04 Å². The van der Waals surface area contributed by atoms with E-state index in [-0.39, 0.29) is 6.04 Å². The van der Waals surface area contributed by atoms with E-state index in [2.05, 4.69) is 12.2 Å². The van der Waals surface area contributed by atoms with Gasteiger partial charge in [-0.05, 0) is 25.2 Å². The Kier molecular flexibility index (Phi) is 3.85. The number of rotatable bonds is 3. The second kappa shape index (κ2) is 5.17. The Hall–Kier alpha value is -0.570. The number of nitrogens with one attached hydrogen (secondary N) is 1. The normalized spacial score (nSPS) is 35.8. The third-order valence-electron chi connectivity index (χ3n) is 4.28. The Morgan fingerprint density at radius 3 is 2.69 bits per heavy atom. The minimum absolute atomic E-state index is 0.0992. The van der Waals surface area contributed by atoms with Gasteiger partial charge in [-0.2, -0.15) is 0 Å². The average molecular weight is 224 g/mol. The van der Waals surface area contributed by atoms with Gasteiger partial charge in [-0.25, -0.2) is 0 Å². The molecule has 1 amide bonds. The first-order valence-electron chi connectivity index (χ1n) is 6.73. The molecule has 1 saturated heterocycles. The molecule has 1 saturated carbocycles. The summed E-state index contributed by atoms with van der Waals surface area (Å²) in [5.41, 5.74) is 0. The summed E-state index contributed by atoms with van der Waals surface area (Å²) in [4.78, 5) is 13.7. The molecular formula is C13H24N2O. The fraction of sp³-hybridized carbons (Fsp3) is 0.923. The number of hydrogen-bond acceptors (Lipinski definition) is 2. The van der Waals surface area contributed by atoms with Crippen LogP contribution in [0, 0.1) is 5.92 Å². The van der Waals surface area contributed by atoms with Crippen LogP contribution in [0.15, 0.2) is 0 Å². The van der Waals surface area contributed by atoms with Crippen molar-refractivity contribution >= 4 is 5.91 Å². The number of likely N-dealkylation sites (N-methyl/N-ethyl adjacent to an activating group) is 1. The molecule has 0 aromatic carbocycles. The highest BCUT2D eigenvalue weighted by molar-refractivity contribution is 5.83. The summed E-state index contributed by atoms with van der Waals surface area (Å²) in [7, 11) is 1.90. The number of carbonyl (C=O) groups excluding carboxylic acids is 1. The van der Waals surface area contributed by atoms with Crippen LogP contribution in [0.25, 0.3) is 0 Å². The van der Waals surface area contributed by atoms with Crippen molar-refractivity contribution < 1.29 is 4.79 Å². The van der Waals surface area contributed by atoms with Gasteiger partial charge in [-0.3, -0.25) is 4.79 Å². The second-order valence-corrected chi connectivity index (χ2v) is 5.33. The van der Waals surface area contributed by atoms with E-state index in [9.17, 15) is 4.79 Å². The van der Waals surface area contributed by atoms with Crippen molar-refractivity contribution in [3.8, 4) is 0 Å². The van der Waals surface area contributed by atoms with Crippen LogP contribution < -0.4 is 5.32 Å². The zero-order valence-corrected chi connectivity index (χ0v) is 10.5. The molecule has 0 aromatic heterocycles. The molecule has 0 spiro atoms. The number of nitrogens with zero attached hydrogens (tertiary/aromatic N) is 1. The lowest BCUT2D eigenvalue weighted by Crippen LogP contribution is -2.47. The van der Waals surface area contributed by atoms with Crippen molar-refractivity contribution in [1.29, 1.82) is 0 Å². The molecule has 3 unspecified atom stereocenters.